The number of nitrogens with zero attached hydrogens (tertiary/aromatic N) is 2. The summed E-state index contributed by atoms with van der Waals surface area (Å²) in [6.45, 7) is 2.42. The van der Waals surface area contributed by atoms with Crippen molar-refractivity contribution in [1.29, 1.82) is 0 Å². The molecule has 144 valence electrons. The van der Waals surface area contributed by atoms with E-state index in [1.165, 1.54) is 37.8 Å². The number of hydrogen-bond acceptors (Lipinski definition) is 2. The van der Waals surface area contributed by atoms with Crippen LogP contribution in [0.15, 0.2) is 24.3 Å². The predicted molar refractivity (Wildman–Crippen MR) is 95.3 cm³/mol. The van der Waals surface area contributed by atoms with E-state index >= 15 is 0 Å². The van der Waals surface area contributed by atoms with Crippen LogP contribution < -0.4 is 10.2 Å². The van der Waals surface area contributed by atoms with E-state index in [0.717, 1.165) is 30.7 Å². The Morgan fingerprint density at radius 1 is 0.923 bits per heavy atom. The van der Waals surface area contributed by atoms with Crippen LogP contribution >= 0.6 is 0 Å². The number of piperazine rings is 1. The van der Waals surface area contributed by atoms with Gasteiger partial charge in [0.1, 0.15) is 0 Å². The maximum absolute atomic E-state index is 12.7. The van der Waals surface area contributed by atoms with E-state index in [0.29, 0.717) is 26.2 Å². The van der Waals surface area contributed by atoms with E-state index in [4.69, 9.17) is 0 Å². The topological polar surface area (TPSA) is 35.6 Å². The van der Waals surface area contributed by atoms with Crippen LogP contribution in [-0.4, -0.2) is 43.2 Å². The van der Waals surface area contributed by atoms with Crippen LogP contribution in [0.2, 0.25) is 0 Å². The van der Waals surface area contributed by atoms with Crippen molar-refractivity contribution < 1.29 is 18.0 Å². The average molecular weight is 369 g/mol. The Morgan fingerprint density at radius 2 is 1.50 bits per heavy atom. The Labute approximate surface area is 152 Å². The second-order valence-corrected chi connectivity index (χ2v) is 7.16. The van der Waals surface area contributed by atoms with Crippen molar-refractivity contribution in [3.63, 3.8) is 0 Å². The van der Waals surface area contributed by atoms with Gasteiger partial charge in [-0.2, -0.15) is 13.2 Å². The standard InChI is InChI=1S/C19H26F3N3O/c20-19(21,22)15-7-9-17(10-8-15)24-11-13-25(14-12-24)18(26)23-16-5-3-1-2-4-6-16/h7-10,16H,1-6,11-14H2,(H,23,26). The first kappa shape index (κ1) is 18.9. The molecule has 0 bridgehead atoms. The summed E-state index contributed by atoms with van der Waals surface area (Å²) in [5, 5.41) is 3.15. The molecular weight excluding hydrogens is 343 g/mol. The van der Waals surface area contributed by atoms with Gasteiger partial charge in [-0.05, 0) is 37.1 Å². The van der Waals surface area contributed by atoms with Gasteiger partial charge in [-0.15, -0.1) is 0 Å². The van der Waals surface area contributed by atoms with Crippen molar-refractivity contribution in [3.05, 3.63) is 29.8 Å². The summed E-state index contributed by atoms with van der Waals surface area (Å²) < 4.78 is 38.0. The molecular formula is C19H26F3N3O. The van der Waals surface area contributed by atoms with Crippen LogP contribution in [0.5, 0.6) is 0 Å². The van der Waals surface area contributed by atoms with E-state index < -0.39 is 11.7 Å². The van der Waals surface area contributed by atoms with Crippen molar-refractivity contribution in [2.75, 3.05) is 31.1 Å². The van der Waals surface area contributed by atoms with Gasteiger partial charge in [0.2, 0.25) is 0 Å². The van der Waals surface area contributed by atoms with Gasteiger partial charge in [-0.1, -0.05) is 25.7 Å². The van der Waals surface area contributed by atoms with Gasteiger partial charge in [-0.3, -0.25) is 0 Å². The zero-order valence-electron chi connectivity index (χ0n) is 14.9. The average Bonchev–Trinajstić information content (AvgIpc) is 2.90. The monoisotopic (exact) mass is 369 g/mol. The Kier molecular flexibility index (Phi) is 5.94. The summed E-state index contributed by atoms with van der Waals surface area (Å²) >= 11 is 0. The van der Waals surface area contributed by atoms with Crippen LogP contribution in [0.1, 0.15) is 44.1 Å². The molecule has 0 aromatic heterocycles. The number of carbonyl (C=O) groups is 1. The van der Waals surface area contributed by atoms with E-state index in [1.54, 1.807) is 0 Å². The first-order valence-corrected chi connectivity index (χ1v) is 9.41. The van der Waals surface area contributed by atoms with Crippen molar-refractivity contribution in [2.24, 2.45) is 0 Å². The normalized spacial score (nSPS) is 20.0. The molecule has 1 N–H and O–H groups in total. The van der Waals surface area contributed by atoms with Crippen molar-refractivity contribution in [3.8, 4) is 0 Å². The van der Waals surface area contributed by atoms with Crippen LogP contribution in [0.4, 0.5) is 23.7 Å². The maximum Gasteiger partial charge on any atom is 0.416 e. The third-order valence-electron chi connectivity index (χ3n) is 5.31. The predicted octanol–water partition coefficient (Wildman–Crippen LogP) is 4.26. The Hall–Kier alpha value is -1.92. The number of carbonyl (C=O) groups excluding carboxylic acids is 1. The van der Waals surface area contributed by atoms with Crippen molar-refractivity contribution in [2.45, 2.75) is 50.7 Å². The van der Waals surface area contributed by atoms with Gasteiger partial charge in [0, 0.05) is 37.9 Å². The molecule has 3 rings (SSSR count). The number of amides is 2. The van der Waals surface area contributed by atoms with Gasteiger partial charge in [0.25, 0.3) is 0 Å². The smallest absolute Gasteiger partial charge is 0.368 e. The highest BCUT2D eigenvalue weighted by Crippen LogP contribution is 2.30. The lowest BCUT2D eigenvalue weighted by Crippen LogP contribution is -2.53. The molecule has 1 aromatic carbocycles. The fraction of sp³-hybridized carbons (Fsp3) is 0.632. The minimum Gasteiger partial charge on any atom is -0.368 e. The summed E-state index contributed by atoms with van der Waals surface area (Å²) in [5.74, 6) is 0. The molecule has 2 fully saturated rings. The molecule has 0 atom stereocenters. The molecule has 0 unspecified atom stereocenters. The number of nitrogens with one attached hydrogen (secondary N) is 1. The third kappa shape index (κ3) is 4.83. The lowest BCUT2D eigenvalue weighted by atomic mass is 10.1. The number of anilines is 1. The van der Waals surface area contributed by atoms with Crippen LogP contribution in [0.25, 0.3) is 0 Å². The Balaban J connectivity index is 1.49. The van der Waals surface area contributed by atoms with Gasteiger partial charge in [0.05, 0.1) is 5.56 Å². The summed E-state index contributed by atoms with van der Waals surface area (Å²) in [6, 6.07) is 5.50. The molecule has 7 heteroatoms. The number of benzene rings is 1. The SMILES string of the molecule is O=C(NC1CCCCCC1)N1CCN(c2ccc(C(F)(F)F)cc2)CC1. The molecule has 4 nitrogen and oxygen atoms in total. The molecule has 1 aromatic rings. The lowest BCUT2D eigenvalue weighted by Gasteiger charge is -2.36. The molecule has 0 spiro atoms. The van der Waals surface area contributed by atoms with Gasteiger partial charge in [-0.25, -0.2) is 4.79 Å². The van der Waals surface area contributed by atoms with Crippen LogP contribution in [0.3, 0.4) is 0 Å². The summed E-state index contributed by atoms with van der Waals surface area (Å²) in [5.41, 5.74) is 0.129. The summed E-state index contributed by atoms with van der Waals surface area (Å²) in [6.07, 6.45) is 2.64. The van der Waals surface area contributed by atoms with Crippen LogP contribution in [-0.2, 0) is 6.18 Å². The molecule has 2 amide bonds. The first-order valence-electron chi connectivity index (χ1n) is 9.41. The van der Waals surface area contributed by atoms with E-state index in [2.05, 4.69) is 5.32 Å². The molecule has 0 radical (unpaired) electrons. The molecule has 2 aliphatic rings. The zero-order valence-corrected chi connectivity index (χ0v) is 14.9. The lowest BCUT2D eigenvalue weighted by molar-refractivity contribution is -0.137. The van der Waals surface area contributed by atoms with E-state index in [9.17, 15) is 18.0 Å². The van der Waals surface area contributed by atoms with Crippen LogP contribution in [0, 0.1) is 0 Å². The molecule has 1 saturated heterocycles. The van der Waals surface area contributed by atoms with E-state index in [1.807, 2.05) is 9.80 Å². The fourth-order valence-corrected chi connectivity index (χ4v) is 3.72. The Morgan fingerprint density at radius 3 is 2.04 bits per heavy atom. The largest absolute Gasteiger partial charge is 0.416 e. The first-order chi connectivity index (χ1) is 12.4. The molecule has 1 aliphatic carbocycles. The fourth-order valence-electron chi connectivity index (χ4n) is 3.72. The molecule has 26 heavy (non-hydrogen) atoms. The highest BCUT2D eigenvalue weighted by molar-refractivity contribution is 5.75. The summed E-state index contributed by atoms with van der Waals surface area (Å²) in [4.78, 5) is 16.3. The molecule has 1 heterocycles. The quantitative estimate of drug-likeness (QED) is 0.791. The number of halogens is 3. The van der Waals surface area contributed by atoms with Gasteiger partial charge in [0.15, 0.2) is 0 Å². The molecule has 1 saturated carbocycles. The number of rotatable bonds is 2. The number of hydrogen-bond donors (Lipinski definition) is 1. The number of urea groups is 1. The highest BCUT2D eigenvalue weighted by Gasteiger charge is 2.30. The summed E-state index contributed by atoms with van der Waals surface area (Å²) in [7, 11) is 0. The molecule has 1 aliphatic heterocycles. The van der Waals surface area contributed by atoms with Gasteiger partial charge < -0.3 is 15.1 Å². The third-order valence-corrected chi connectivity index (χ3v) is 5.31. The number of alkyl halides is 3. The minimum absolute atomic E-state index is 0.0102. The Bertz CT molecular complexity index is 587. The van der Waals surface area contributed by atoms with Crippen molar-refractivity contribution in [1.82, 2.24) is 10.2 Å². The van der Waals surface area contributed by atoms with Crippen molar-refractivity contribution >= 4 is 11.7 Å². The maximum atomic E-state index is 12.7. The minimum atomic E-state index is -4.31. The van der Waals surface area contributed by atoms with Gasteiger partial charge >= 0.3 is 12.2 Å². The zero-order chi connectivity index (χ0) is 18.6. The highest BCUT2D eigenvalue weighted by atomic mass is 19.4. The second kappa shape index (κ2) is 8.18. The second-order valence-electron chi connectivity index (χ2n) is 7.16. The van der Waals surface area contributed by atoms with E-state index in [-0.39, 0.29) is 12.1 Å².